The molecule has 4 nitrogen and oxygen atoms in total. The van der Waals surface area contributed by atoms with Crippen LogP contribution in [-0.4, -0.2) is 42.0 Å². The summed E-state index contributed by atoms with van der Waals surface area (Å²) >= 11 is 0. The van der Waals surface area contributed by atoms with E-state index in [1.54, 1.807) is 18.5 Å². The first-order valence-electron chi connectivity index (χ1n) is 7.73. The molecule has 1 saturated heterocycles. The van der Waals surface area contributed by atoms with Crippen molar-refractivity contribution in [2.24, 2.45) is 5.92 Å². The van der Waals surface area contributed by atoms with Crippen LogP contribution in [0.5, 0.6) is 0 Å². The summed E-state index contributed by atoms with van der Waals surface area (Å²) in [5.41, 5.74) is 1.66. The summed E-state index contributed by atoms with van der Waals surface area (Å²) in [4.78, 5) is 18.6. The monoisotopic (exact) mass is 287 g/mol. The Hall–Kier alpha value is -1.68. The standard InChI is InChI=1S/C17H25N3O/c1-3-4-9-20-10-6-15(7-11-20)13-19-17(21)16-5-8-18-12-14(16)2/h3-5,8,12,15H,6-7,9-11,13H2,1-2H3,(H,19,21)/b4-3+. The lowest BCUT2D eigenvalue weighted by Crippen LogP contribution is -2.38. The largest absolute Gasteiger partial charge is 0.352 e. The highest BCUT2D eigenvalue weighted by Crippen LogP contribution is 2.16. The summed E-state index contributed by atoms with van der Waals surface area (Å²) in [6, 6.07) is 1.78. The maximum atomic E-state index is 12.2. The molecule has 0 aromatic carbocycles. The molecule has 0 saturated carbocycles. The van der Waals surface area contributed by atoms with Crippen LogP contribution in [0.4, 0.5) is 0 Å². The number of nitrogens with zero attached hydrogens (tertiary/aromatic N) is 2. The Kier molecular flexibility index (Phi) is 5.93. The Morgan fingerprint density at radius 1 is 1.48 bits per heavy atom. The third-order valence-electron chi connectivity index (χ3n) is 4.12. The normalized spacial score (nSPS) is 17.2. The van der Waals surface area contributed by atoms with Crippen molar-refractivity contribution in [3.8, 4) is 0 Å². The van der Waals surface area contributed by atoms with Gasteiger partial charge in [0.2, 0.25) is 0 Å². The van der Waals surface area contributed by atoms with Crippen LogP contribution in [0.3, 0.4) is 0 Å². The Morgan fingerprint density at radius 3 is 2.90 bits per heavy atom. The molecule has 4 heteroatoms. The predicted octanol–water partition coefficient (Wildman–Crippen LogP) is 2.41. The van der Waals surface area contributed by atoms with Gasteiger partial charge >= 0.3 is 0 Å². The van der Waals surface area contributed by atoms with Crippen molar-refractivity contribution in [1.82, 2.24) is 15.2 Å². The first-order valence-corrected chi connectivity index (χ1v) is 7.73. The number of aryl methyl sites for hydroxylation is 1. The van der Waals surface area contributed by atoms with Gasteiger partial charge in [0, 0.05) is 31.0 Å². The molecule has 1 aliphatic rings. The SMILES string of the molecule is C/C=C/CN1CCC(CNC(=O)c2ccncc2C)CC1. The molecule has 1 N–H and O–H groups in total. The van der Waals surface area contributed by atoms with Gasteiger partial charge in [0.05, 0.1) is 0 Å². The Balaban J connectivity index is 1.75. The predicted molar refractivity (Wildman–Crippen MR) is 85.3 cm³/mol. The summed E-state index contributed by atoms with van der Waals surface area (Å²) < 4.78 is 0. The first kappa shape index (κ1) is 15.7. The zero-order valence-corrected chi connectivity index (χ0v) is 13.0. The number of carbonyl (C=O) groups excluding carboxylic acids is 1. The van der Waals surface area contributed by atoms with Gasteiger partial charge in [-0.3, -0.25) is 14.7 Å². The minimum atomic E-state index is 0.0197. The average Bonchev–Trinajstić information content (AvgIpc) is 2.52. The topological polar surface area (TPSA) is 45.2 Å². The zero-order valence-electron chi connectivity index (χ0n) is 13.0. The molecule has 1 aliphatic heterocycles. The fourth-order valence-corrected chi connectivity index (χ4v) is 2.69. The first-order chi connectivity index (χ1) is 10.2. The molecule has 21 heavy (non-hydrogen) atoms. The Bertz CT molecular complexity index is 491. The maximum Gasteiger partial charge on any atom is 0.251 e. The van der Waals surface area contributed by atoms with Crippen molar-refractivity contribution in [3.63, 3.8) is 0 Å². The lowest BCUT2D eigenvalue weighted by Gasteiger charge is -2.31. The number of nitrogens with one attached hydrogen (secondary N) is 1. The van der Waals surface area contributed by atoms with Crippen molar-refractivity contribution in [2.45, 2.75) is 26.7 Å². The second-order valence-electron chi connectivity index (χ2n) is 5.71. The molecule has 1 fully saturated rings. The number of amides is 1. The highest BCUT2D eigenvalue weighted by molar-refractivity contribution is 5.95. The van der Waals surface area contributed by atoms with Crippen LogP contribution in [0.25, 0.3) is 0 Å². The fourth-order valence-electron chi connectivity index (χ4n) is 2.69. The molecule has 1 aromatic rings. The van der Waals surface area contributed by atoms with Crippen LogP contribution in [0, 0.1) is 12.8 Å². The Morgan fingerprint density at radius 2 is 2.24 bits per heavy atom. The van der Waals surface area contributed by atoms with E-state index >= 15 is 0 Å². The number of pyridine rings is 1. The molecule has 2 heterocycles. The number of hydrogen-bond donors (Lipinski definition) is 1. The molecule has 114 valence electrons. The van der Waals surface area contributed by atoms with Crippen LogP contribution in [0.2, 0.25) is 0 Å². The number of allylic oxidation sites excluding steroid dienone is 1. The van der Waals surface area contributed by atoms with Gasteiger partial charge in [0.1, 0.15) is 0 Å². The van der Waals surface area contributed by atoms with E-state index in [0.29, 0.717) is 5.92 Å². The minimum absolute atomic E-state index is 0.0197. The van der Waals surface area contributed by atoms with Crippen molar-refractivity contribution in [2.75, 3.05) is 26.2 Å². The maximum absolute atomic E-state index is 12.2. The summed E-state index contributed by atoms with van der Waals surface area (Å²) in [5, 5.41) is 3.07. The molecule has 1 aromatic heterocycles. The summed E-state index contributed by atoms with van der Waals surface area (Å²) in [6.07, 6.45) is 10.0. The van der Waals surface area contributed by atoms with Gasteiger partial charge in [-0.25, -0.2) is 0 Å². The van der Waals surface area contributed by atoms with Gasteiger partial charge in [0.15, 0.2) is 0 Å². The molecular formula is C17H25N3O. The molecule has 0 spiro atoms. The fraction of sp³-hybridized carbons (Fsp3) is 0.529. The van der Waals surface area contributed by atoms with E-state index in [0.717, 1.165) is 50.1 Å². The average molecular weight is 287 g/mol. The molecular weight excluding hydrogens is 262 g/mol. The van der Waals surface area contributed by atoms with Gasteiger partial charge < -0.3 is 5.32 Å². The van der Waals surface area contributed by atoms with Gasteiger partial charge in [-0.15, -0.1) is 0 Å². The van der Waals surface area contributed by atoms with E-state index in [1.165, 1.54) is 0 Å². The highest BCUT2D eigenvalue weighted by atomic mass is 16.1. The van der Waals surface area contributed by atoms with Gasteiger partial charge in [-0.2, -0.15) is 0 Å². The van der Waals surface area contributed by atoms with Gasteiger partial charge in [-0.05, 0) is 57.3 Å². The number of likely N-dealkylation sites (tertiary alicyclic amines) is 1. The number of carbonyl (C=O) groups is 1. The molecule has 0 aliphatic carbocycles. The van der Waals surface area contributed by atoms with Crippen LogP contribution in [0.15, 0.2) is 30.6 Å². The van der Waals surface area contributed by atoms with Crippen molar-refractivity contribution < 1.29 is 4.79 Å². The van der Waals surface area contributed by atoms with Gasteiger partial charge in [0.25, 0.3) is 5.91 Å². The summed E-state index contributed by atoms with van der Waals surface area (Å²) in [7, 11) is 0. The molecule has 0 atom stereocenters. The molecule has 0 unspecified atom stereocenters. The van der Waals surface area contributed by atoms with Crippen molar-refractivity contribution in [1.29, 1.82) is 0 Å². The summed E-state index contributed by atoms with van der Waals surface area (Å²) in [6.45, 7) is 8.05. The third kappa shape index (κ3) is 4.67. The molecule has 2 rings (SSSR count). The summed E-state index contributed by atoms with van der Waals surface area (Å²) in [5.74, 6) is 0.615. The zero-order chi connectivity index (χ0) is 15.1. The van der Waals surface area contributed by atoms with E-state index in [2.05, 4.69) is 34.3 Å². The second kappa shape index (κ2) is 7.93. The number of hydrogen-bond acceptors (Lipinski definition) is 3. The smallest absolute Gasteiger partial charge is 0.251 e. The third-order valence-corrected chi connectivity index (χ3v) is 4.12. The van der Waals surface area contributed by atoms with E-state index in [4.69, 9.17) is 0 Å². The Labute approximate surface area is 127 Å². The van der Waals surface area contributed by atoms with Crippen LogP contribution in [-0.2, 0) is 0 Å². The quantitative estimate of drug-likeness (QED) is 0.846. The molecule has 1 amide bonds. The van der Waals surface area contributed by atoms with Crippen molar-refractivity contribution >= 4 is 5.91 Å². The number of piperidine rings is 1. The number of aromatic nitrogens is 1. The highest BCUT2D eigenvalue weighted by Gasteiger charge is 2.19. The van der Waals surface area contributed by atoms with Gasteiger partial charge in [-0.1, -0.05) is 12.2 Å². The van der Waals surface area contributed by atoms with E-state index in [9.17, 15) is 4.79 Å². The minimum Gasteiger partial charge on any atom is -0.352 e. The molecule has 0 bridgehead atoms. The van der Waals surface area contributed by atoms with Crippen LogP contribution < -0.4 is 5.32 Å². The van der Waals surface area contributed by atoms with Crippen LogP contribution in [0.1, 0.15) is 35.7 Å². The van der Waals surface area contributed by atoms with E-state index < -0.39 is 0 Å². The number of rotatable bonds is 5. The van der Waals surface area contributed by atoms with Crippen molar-refractivity contribution in [3.05, 3.63) is 41.7 Å². The lowest BCUT2D eigenvalue weighted by molar-refractivity contribution is 0.0937. The molecule has 0 radical (unpaired) electrons. The van der Waals surface area contributed by atoms with Crippen LogP contribution >= 0.6 is 0 Å². The lowest BCUT2D eigenvalue weighted by atomic mass is 9.96. The second-order valence-corrected chi connectivity index (χ2v) is 5.71. The van der Waals surface area contributed by atoms with E-state index in [-0.39, 0.29) is 5.91 Å². The van der Waals surface area contributed by atoms with E-state index in [1.807, 2.05) is 6.92 Å².